The zero-order chi connectivity index (χ0) is 34.2. The average molecular weight is 644 g/mol. The van der Waals surface area contributed by atoms with Crippen LogP contribution in [0.1, 0.15) is 46.6 Å². The highest BCUT2D eigenvalue weighted by Crippen LogP contribution is 2.32. The number of aromatic nitrogens is 4. The summed E-state index contributed by atoms with van der Waals surface area (Å²) in [4.78, 5) is 34.1. The van der Waals surface area contributed by atoms with Crippen LogP contribution in [0.4, 0.5) is 27.1 Å². The lowest BCUT2D eigenvalue weighted by Crippen LogP contribution is -2.48. The molecule has 2 aromatic carbocycles. The van der Waals surface area contributed by atoms with Gasteiger partial charge in [-0.3, -0.25) is 18.7 Å². The minimum absolute atomic E-state index is 0.0297. The molecule has 2 amide bonds. The van der Waals surface area contributed by atoms with Crippen LogP contribution >= 0.6 is 0 Å². The van der Waals surface area contributed by atoms with Crippen molar-refractivity contribution in [1.82, 2.24) is 24.1 Å². The van der Waals surface area contributed by atoms with E-state index in [2.05, 4.69) is 38.6 Å². The van der Waals surface area contributed by atoms with Gasteiger partial charge in [-0.1, -0.05) is 5.92 Å². The van der Waals surface area contributed by atoms with Gasteiger partial charge in [-0.05, 0) is 80.3 Å². The van der Waals surface area contributed by atoms with Gasteiger partial charge < -0.3 is 20.4 Å². The first-order valence-corrected chi connectivity index (χ1v) is 15.3. The van der Waals surface area contributed by atoms with E-state index in [1.165, 1.54) is 12.1 Å². The first kappa shape index (κ1) is 31.8. The third-order valence-electron chi connectivity index (χ3n) is 8.40. The molecule has 0 saturated carbocycles. The van der Waals surface area contributed by atoms with Gasteiger partial charge in [0.25, 0.3) is 5.91 Å². The van der Waals surface area contributed by atoms with E-state index in [1.54, 1.807) is 61.9 Å². The molecule has 1 fully saturated rings. The maximum absolute atomic E-state index is 15.3. The van der Waals surface area contributed by atoms with Crippen molar-refractivity contribution >= 4 is 40.2 Å². The minimum atomic E-state index is -0.878. The second-order valence-electron chi connectivity index (χ2n) is 12.4. The van der Waals surface area contributed by atoms with E-state index in [0.717, 1.165) is 11.4 Å². The van der Waals surface area contributed by atoms with E-state index in [-0.39, 0.29) is 18.0 Å². The van der Waals surface area contributed by atoms with Crippen molar-refractivity contribution in [3.05, 3.63) is 101 Å². The number of nitrogens with one attached hydrogen (secondary N) is 2. The number of halogens is 1. The number of hydrogen-bond donors (Lipinski definition) is 2. The van der Waals surface area contributed by atoms with Gasteiger partial charge in [-0.2, -0.15) is 10.4 Å². The van der Waals surface area contributed by atoms with Crippen molar-refractivity contribution in [3.63, 3.8) is 0 Å². The quantitative estimate of drug-likeness (QED) is 0.250. The van der Waals surface area contributed by atoms with Crippen molar-refractivity contribution < 1.29 is 14.0 Å². The van der Waals surface area contributed by atoms with Crippen molar-refractivity contribution in [2.75, 3.05) is 42.2 Å². The maximum Gasteiger partial charge on any atom is 0.258 e. The molecular weight excluding hydrogens is 609 g/mol. The van der Waals surface area contributed by atoms with Crippen LogP contribution in [0, 0.1) is 35.9 Å². The summed E-state index contributed by atoms with van der Waals surface area (Å²) in [5, 5.41) is 20.2. The molecule has 0 bridgehead atoms. The predicted molar refractivity (Wildman–Crippen MR) is 182 cm³/mol. The van der Waals surface area contributed by atoms with Crippen LogP contribution in [0.25, 0.3) is 5.65 Å². The van der Waals surface area contributed by atoms with Crippen LogP contribution in [0.5, 0.6) is 0 Å². The molecule has 2 N–H and O–H groups in total. The van der Waals surface area contributed by atoms with E-state index < -0.39 is 17.1 Å². The van der Waals surface area contributed by atoms with Gasteiger partial charge in [-0.25, -0.2) is 9.37 Å². The topological polar surface area (TPSA) is 124 Å². The van der Waals surface area contributed by atoms with Crippen molar-refractivity contribution in [2.24, 2.45) is 7.05 Å². The Balaban J connectivity index is 1.29. The third kappa shape index (κ3) is 6.42. The van der Waals surface area contributed by atoms with E-state index in [0.29, 0.717) is 52.5 Å². The van der Waals surface area contributed by atoms with Gasteiger partial charge in [-0.15, -0.1) is 0 Å². The number of piperazine rings is 1. The number of nitrogens with zero attached hydrogens (tertiary/aromatic N) is 7. The fourth-order valence-corrected chi connectivity index (χ4v) is 5.42. The molecule has 4 heterocycles. The molecule has 48 heavy (non-hydrogen) atoms. The molecule has 0 atom stereocenters. The zero-order valence-corrected chi connectivity index (χ0v) is 27.3. The highest BCUT2D eigenvalue weighted by atomic mass is 19.1. The highest BCUT2D eigenvalue weighted by Gasteiger charge is 2.26. The van der Waals surface area contributed by atoms with Crippen LogP contribution in [0.15, 0.2) is 67.3 Å². The standard InChI is InChI=1S/C36H34FN9O2/c1-23-13-31(37)30(14-24(23)8-9-28-19-39-34-32(7-6-10-46(28)34)41-27-18-40-44(5)20-27)35(48)42-26-15-25(36(2,3)22-38)16-29(17-26)45-12-11-43(4)33(47)21-45/h6-7,10,13-20,41H,11-12,21H2,1-5H3,(H,42,48). The molecule has 0 unspecified atom stereocenters. The SMILES string of the molecule is Cc1cc(F)c(C(=O)Nc2cc(N3CCN(C)C(=O)C3)cc(C(C)(C)C#N)c2)cc1C#Cc1cnc2c(Nc3cnn(C)c3)cccn12. The normalized spacial score (nSPS) is 13.2. The first-order valence-electron chi connectivity index (χ1n) is 15.3. The summed E-state index contributed by atoms with van der Waals surface area (Å²) in [5.74, 6) is 4.84. The zero-order valence-electron chi connectivity index (χ0n) is 27.3. The van der Waals surface area contributed by atoms with E-state index >= 15 is 4.39 Å². The number of nitriles is 1. The number of benzene rings is 2. The summed E-state index contributed by atoms with van der Waals surface area (Å²) in [6.07, 6.45) is 7.09. The maximum atomic E-state index is 15.3. The van der Waals surface area contributed by atoms with Gasteiger partial charge in [0.05, 0.1) is 47.4 Å². The fourth-order valence-electron chi connectivity index (χ4n) is 5.42. The second-order valence-corrected chi connectivity index (χ2v) is 12.4. The summed E-state index contributed by atoms with van der Waals surface area (Å²) in [5.41, 5.74) is 4.62. The number of carbonyl (C=O) groups is 2. The lowest BCUT2D eigenvalue weighted by atomic mass is 9.85. The van der Waals surface area contributed by atoms with E-state index in [9.17, 15) is 14.9 Å². The fraction of sp³-hybridized carbons (Fsp3) is 0.250. The third-order valence-corrected chi connectivity index (χ3v) is 8.40. The molecule has 0 spiro atoms. The van der Waals surface area contributed by atoms with Crippen LogP contribution in [0.3, 0.4) is 0 Å². The number of carbonyl (C=O) groups excluding carboxylic acids is 2. The first-order chi connectivity index (χ1) is 22.9. The average Bonchev–Trinajstić information content (AvgIpc) is 3.67. The number of likely N-dealkylation sites (N-methyl/N-ethyl adjacent to an activating group) is 1. The van der Waals surface area contributed by atoms with Gasteiger partial charge in [0.1, 0.15) is 11.5 Å². The number of pyridine rings is 1. The number of amides is 2. The van der Waals surface area contributed by atoms with Crippen LogP contribution < -0.4 is 15.5 Å². The van der Waals surface area contributed by atoms with Crippen molar-refractivity contribution in [1.29, 1.82) is 5.26 Å². The van der Waals surface area contributed by atoms with Crippen LogP contribution in [0.2, 0.25) is 0 Å². The highest BCUT2D eigenvalue weighted by molar-refractivity contribution is 6.05. The number of aryl methyl sites for hydroxylation is 2. The van der Waals surface area contributed by atoms with Crippen molar-refractivity contribution in [2.45, 2.75) is 26.2 Å². The van der Waals surface area contributed by atoms with E-state index in [4.69, 9.17) is 0 Å². The van der Waals surface area contributed by atoms with Crippen LogP contribution in [-0.2, 0) is 17.3 Å². The molecule has 1 aliphatic heterocycles. The second kappa shape index (κ2) is 12.6. The number of hydrogen-bond acceptors (Lipinski definition) is 7. The minimum Gasteiger partial charge on any atom is -0.360 e. The Bertz CT molecular complexity index is 2180. The summed E-state index contributed by atoms with van der Waals surface area (Å²) >= 11 is 0. The summed E-state index contributed by atoms with van der Waals surface area (Å²) in [7, 11) is 3.59. The molecule has 1 saturated heterocycles. The number of anilines is 4. The molecule has 12 heteroatoms. The summed E-state index contributed by atoms with van der Waals surface area (Å²) < 4.78 is 18.8. The molecule has 0 aliphatic carbocycles. The summed E-state index contributed by atoms with van der Waals surface area (Å²) in [6.45, 7) is 6.59. The van der Waals surface area contributed by atoms with E-state index in [1.807, 2.05) is 46.9 Å². The van der Waals surface area contributed by atoms with Gasteiger partial charge in [0, 0.05) is 56.5 Å². The molecular formula is C36H34FN9O2. The van der Waals surface area contributed by atoms with Gasteiger partial charge >= 0.3 is 0 Å². The molecule has 0 radical (unpaired) electrons. The number of imidazole rings is 1. The Morgan fingerprint density at radius 3 is 2.60 bits per heavy atom. The summed E-state index contributed by atoms with van der Waals surface area (Å²) in [6, 6.07) is 14.1. The number of fused-ring (bicyclic) bond motifs is 1. The smallest absolute Gasteiger partial charge is 0.258 e. The predicted octanol–water partition coefficient (Wildman–Crippen LogP) is 4.99. The largest absolute Gasteiger partial charge is 0.360 e. The lowest BCUT2D eigenvalue weighted by Gasteiger charge is -2.34. The molecule has 5 aromatic rings. The Labute approximate surface area is 277 Å². The Morgan fingerprint density at radius 1 is 1.06 bits per heavy atom. The van der Waals surface area contributed by atoms with Gasteiger partial charge in [0.2, 0.25) is 5.91 Å². The molecule has 11 nitrogen and oxygen atoms in total. The van der Waals surface area contributed by atoms with Crippen molar-refractivity contribution in [3.8, 4) is 17.9 Å². The lowest BCUT2D eigenvalue weighted by molar-refractivity contribution is -0.129. The number of rotatable bonds is 6. The molecule has 242 valence electrons. The van der Waals surface area contributed by atoms with Crippen LogP contribution in [-0.4, -0.2) is 62.6 Å². The monoisotopic (exact) mass is 643 g/mol. The molecule has 6 rings (SSSR count). The Hall–Kier alpha value is -6.14. The Kier molecular flexibility index (Phi) is 8.34. The molecule has 3 aromatic heterocycles. The van der Waals surface area contributed by atoms with Gasteiger partial charge in [0.15, 0.2) is 5.65 Å². The molecule has 1 aliphatic rings. The Morgan fingerprint density at radius 2 is 1.88 bits per heavy atom.